The maximum Gasteiger partial charge on any atom is 0.187 e. The molecule has 0 aromatic rings. The average molecular weight is 488 g/mol. The Bertz CT molecular complexity index is 624. The zero-order chi connectivity index (χ0) is 24.6. The first-order valence-corrected chi connectivity index (χ1v) is 10.4. The van der Waals surface area contributed by atoms with E-state index in [9.17, 15) is 46.0 Å². The number of aliphatic hydroxyl groups excluding tert-OH is 10. The van der Waals surface area contributed by atoms with E-state index in [2.05, 4.69) is 0 Å². The Morgan fingerprint density at radius 1 is 0.697 bits per heavy atom. The minimum absolute atomic E-state index is 0.733. The normalized spacial score (nSPS) is 52.1. The van der Waals surface area contributed by atoms with Crippen LogP contribution in [0.5, 0.6) is 0 Å². The van der Waals surface area contributed by atoms with Gasteiger partial charge in [0.2, 0.25) is 0 Å². The van der Waals surface area contributed by atoms with Crippen LogP contribution >= 0.6 is 0 Å². The Balaban J connectivity index is 1.78. The van der Waals surface area contributed by atoms with Gasteiger partial charge in [0.15, 0.2) is 18.9 Å². The standard InChI is InChI=1S/C18H32O15/c1-4-7(22)14(32-18-12(27)10(25)13(31-18)5(21)2-19)15(16(28)29-4)33-17-11(26)9(24)8(23)6(3-20)30-17/h4-28H,2-3H2,1H3/t4-,5-,6-,7+,8+,9+,10-,11-,12-,13+,14+,15-,16+,17-,18+/m1/s1. The van der Waals surface area contributed by atoms with Gasteiger partial charge in [0.25, 0.3) is 0 Å². The lowest BCUT2D eigenvalue weighted by Gasteiger charge is -2.46. The van der Waals surface area contributed by atoms with E-state index in [1.807, 2.05) is 0 Å². The van der Waals surface area contributed by atoms with Crippen molar-refractivity contribution >= 4 is 0 Å². The lowest BCUT2D eigenvalue weighted by atomic mass is 9.97. The highest BCUT2D eigenvalue weighted by molar-refractivity contribution is 4.96. The van der Waals surface area contributed by atoms with E-state index >= 15 is 0 Å². The van der Waals surface area contributed by atoms with E-state index in [1.54, 1.807) is 0 Å². The van der Waals surface area contributed by atoms with Crippen LogP contribution in [0.25, 0.3) is 0 Å². The largest absolute Gasteiger partial charge is 0.394 e. The lowest BCUT2D eigenvalue weighted by molar-refractivity contribution is -0.373. The van der Waals surface area contributed by atoms with E-state index in [0.717, 1.165) is 0 Å². The number of hydrogen-bond donors (Lipinski definition) is 10. The Hall–Kier alpha value is -0.600. The summed E-state index contributed by atoms with van der Waals surface area (Å²) < 4.78 is 26.8. The molecule has 194 valence electrons. The van der Waals surface area contributed by atoms with Crippen molar-refractivity contribution in [3.63, 3.8) is 0 Å². The molecule has 15 nitrogen and oxygen atoms in total. The van der Waals surface area contributed by atoms with Crippen molar-refractivity contribution in [2.75, 3.05) is 13.2 Å². The molecule has 10 N–H and O–H groups in total. The molecule has 0 amide bonds. The molecule has 3 rings (SSSR count). The molecule has 3 heterocycles. The maximum atomic E-state index is 10.6. The summed E-state index contributed by atoms with van der Waals surface area (Å²) in [6, 6.07) is 0. The molecule has 0 saturated carbocycles. The smallest absolute Gasteiger partial charge is 0.187 e. The van der Waals surface area contributed by atoms with Gasteiger partial charge >= 0.3 is 0 Å². The van der Waals surface area contributed by atoms with Gasteiger partial charge in [-0.1, -0.05) is 0 Å². The molecule has 3 saturated heterocycles. The van der Waals surface area contributed by atoms with Crippen LogP contribution in [0.2, 0.25) is 0 Å². The summed E-state index contributed by atoms with van der Waals surface area (Å²) in [6.07, 6.45) is -23.7. The minimum Gasteiger partial charge on any atom is -0.394 e. The lowest BCUT2D eigenvalue weighted by Crippen LogP contribution is -2.64. The van der Waals surface area contributed by atoms with Crippen LogP contribution in [-0.4, -0.2) is 156 Å². The third-order valence-corrected chi connectivity index (χ3v) is 6.03. The molecule has 3 aliphatic heterocycles. The van der Waals surface area contributed by atoms with Crippen LogP contribution in [0.4, 0.5) is 0 Å². The first kappa shape index (κ1) is 27.0. The second-order valence-corrected chi connectivity index (χ2v) is 8.32. The molecule has 0 aromatic heterocycles. The summed E-state index contributed by atoms with van der Waals surface area (Å²) in [5.41, 5.74) is 0. The predicted molar refractivity (Wildman–Crippen MR) is 99.8 cm³/mol. The van der Waals surface area contributed by atoms with Crippen LogP contribution in [0.1, 0.15) is 6.92 Å². The van der Waals surface area contributed by atoms with Crippen molar-refractivity contribution in [1.82, 2.24) is 0 Å². The Morgan fingerprint density at radius 3 is 1.88 bits per heavy atom. The highest BCUT2D eigenvalue weighted by Crippen LogP contribution is 2.33. The first-order chi connectivity index (χ1) is 15.5. The molecule has 15 atom stereocenters. The summed E-state index contributed by atoms with van der Waals surface area (Å²) in [7, 11) is 0. The van der Waals surface area contributed by atoms with Crippen molar-refractivity contribution in [2.45, 2.75) is 99.0 Å². The van der Waals surface area contributed by atoms with E-state index < -0.39 is 105 Å². The predicted octanol–water partition coefficient (Wildman–Crippen LogP) is -6.55. The first-order valence-electron chi connectivity index (χ1n) is 10.4. The molecule has 33 heavy (non-hydrogen) atoms. The molecular weight excluding hydrogens is 456 g/mol. The van der Waals surface area contributed by atoms with E-state index in [4.69, 9.17) is 28.8 Å². The number of ether oxygens (including phenoxy) is 5. The van der Waals surface area contributed by atoms with Crippen molar-refractivity contribution in [1.29, 1.82) is 0 Å². The molecule has 0 aliphatic carbocycles. The molecule has 0 bridgehead atoms. The molecule has 0 unspecified atom stereocenters. The van der Waals surface area contributed by atoms with Crippen LogP contribution < -0.4 is 0 Å². The summed E-state index contributed by atoms with van der Waals surface area (Å²) in [6.45, 7) is -0.115. The van der Waals surface area contributed by atoms with Gasteiger partial charge in [0.05, 0.1) is 19.3 Å². The molecule has 0 spiro atoms. The zero-order valence-corrected chi connectivity index (χ0v) is 17.6. The molecule has 3 fully saturated rings. The fourth-order valence-corrected chi connectivity index (χ4v) is 4.00. The molecule has 0 aromatic carbocycles. The van der Waals surface area contributed by atoms with Crippen molar-refractivity contribution < 1.29 is 74.7 Å². The fraction of sp³-hybridized carbons (Fsp3) is 1.00. The fourth-order valence-electron chi connectivity index (χ4n) is 4.00. The van der Waals surface area contributed by atoms with Crippen LogP contribution in [0.15, 0.2) is 0 Å². The molecule has 15 heteroatoms. The number of aliphatic hydroxyl groups is 10. The molecule has 3 aliphatic rings. The van der Waals surface area contributed by atoms with Crippen molar-refractivity contribution in [2.24, 2.45) is 0 Å². The monoisotopic (exact) mass is 488 g/mol. The summed E-state index contributed by atoms with van der Waals surface area (Å²) in [5.74, 6) is 0. The summed E-state index contributed by atoms with van der Waals surface area (Å²) in [5, 5.41) is 99.5. The van der Waals surface area contributed by atoms with Gasteiger partial charge in [-0.25, -0.2) is 0 Å². The zero-order valence-electron chi connectivity index (χ0n) is 17.6. The van der Waals surface area contributed by atoms with Gasteiger partial charge in [0.1, 0.15) is 67.1 Å². The van der Waals surface area contributed by atoms with Crippen LogP contribution in [0, 0.1) is 0 Å². The Morgan fingerprint density at radius 2 is 1.27 bits per heavy atom. The number of hydrogen-bond acceptors (Lipinski definition) is 15. The van der Waals surface area contributed by atoms with E-state index in [1.165, 1.54) is 6.92 Å². The maximum absolute atomic E-state index is 10.6. The summed E-state index contributed by atoms with van der Waals surface area (Å²) >= 11 is 0. The second-order valence-electron chi connectivity index (χ2n) is 8.32. The van der Waals surface area contributed by atoms with Gasteiger partial charge < -0.3 is 74.7 Å². The Labute approximate surface area is 187 Å². The SMILES string of the molecule is C[C@H]1O[C@H](O)[C@H](O[C@H]2O[C@H](CO)[C@H](O)[C@H](O)[C@H]2O)[C@@H](O[C@@H]2O[C@@H]([C@H](O)CO)[C@H](O)[C@H]2O)[C@H]1O. The van der Waals surface area contributed by atoms with Crippen molar-refractivity contribution in [3.05, 3.63) is 0 Å². The highest BCUT2D eigenvalue weighted by Gasteiger charge is 2.54. The number of rotatable bonds is 7. The second kappa shape index (κ2) is 11.0. The van der Waals surface area contributed by atoms with Gasteiger partial charge in [-0.3, -0.25) is 0 Å². The molecular formula is C18H32O15. The quantitative estimate of drug-likeness (QED) is 0.160. The van der Waals surface area contributed by atoms with Crippen molar-refractivity contribution in [3.8, 4) is 0 Å². The average Bonchev–Trinajstić information content (AvgIpc) is 3.07. The highest BCUT2D eigenvalue weighted by atomic mass is 16.8. The third-order valence-electron chi connectivity index (χ3n) is 6.03. The molecule has 0 radical (unpaired) electrons. The van der Waals surface area contributed by atoms with Gasteiger partial charge in [0, 0.05) is 0 Å². The minimum atomic E-state index is -1.83. The topological polar surface area (TPSA) is 248 Å². The third kappa shape index (κ3) is 5.32. The van der Waals surface area contributed by atoms with E-state index in [-0.39, 0.29) is 0 Å². The summed E-state index contributed by atoms with van der Waals surface area (Å²) in [4.78, 5) is 0. The Kier molecular flexibility index (Phi) is 8.99. The van der Waals surface area contributed by atoms with Crippen LogP contribution in [-0.2, 0) is 23.7 Å². The van der Waals surface area contributed by atoms with Gasteiger partial charge in [-0.2, -0.15) is 0 Å². The van der Waals surface area contributed by atoms with E-state index in [0.29, 0.717) is 0 Å². The van der Waals surface area contributed by atoms with Gasteiger partial charge in [-0.15, -0.1) is 0 Å². The van der Waals surface area contributed by atoms with Crippen LogP contribution in [0.3, 0.4) is 0 Å². The van der Waals surface area contributed by atoms with Gasteiger partial charge in [-0.05, 0) is 6.92 Å².